The summed E-state index contributed by atoms with van der Waals surface area (Å²) < 4.78 is 0. The van der Waals surface area contributed by atoms with Crippen molar-refractivity contribution in [3.05, 3.63) is 53.7 Å². The standard InChI is InChI=1S/C21H28N4O/c1-4-23(5-2)20-10-9-18(16-22-20)21(26)25-13-11-24(12-14-25)19-8-6-7-17(3)15-19/h6-10,15-16H,4-5,11-14H2,1-3H3. The van der Waals surface area contributed by atoms with Gasteiger partial charge in [-0.2, -0.15) is 0 Å². The number of amides is 1. The summed E-state index contributed by atoms with van der Waals surface area (Å²) in [4.78, 5) is 23.7. The molecule has 0 spiro atoms. The van der Waals surface area contributed by atoms with Crippen molar-refractivity contribution < 1.29 is 4.79 Å². The third-order valence-corrected chi connectivity index (χ3v) is 5.02. The number of anilines is 2. The van der Waals surface area contributed by atoms with Crippen molar-refractivity contribution >= 4 is 17.4 Å². The second-order valence-corrected chi connectivity index (χ2v) is 6.70. The van der Waals surface area contributed by atoms with Gasteiger partial charge in [-0.1, -0.05) is 12.1 Å². The molecule has 138 valence electrons. The molecule has 1 aromatic heterocycles. The van der Waals surface area contributed by atoms with E-state index in [1.54, 1.807) is 6.20 Å². The molecule has 0 N–H and O–H groups in total. The molecule has 3 rings (SSSR count). The van der Waals surface area contributed by atoms with Gasteiger partial charge in [-0.15, -0.1) is 0 Å². The topological polar surface area (TPSA) is 39.7 Å². The number of benzene rings is 1. The first kappa shape index (κ1) is 18.2. The van der Waals surface area contributed by atoms with E-state index in [4.69, 9.17) is 0 Å². The quantitative estimate of drug-likeness (QED) is 0.828. The summed E-state index contributed by atoms with van der Waals surface area (Å²) in [6.45, 7) is 11.4. The SMILES string of the molecule is CCN(CC)c1ccc(C(=O)N2CCN(c3cccc(C)c3)CC2)cn1. The smallest absolute Gasteiger partial charge is 0.255 e. The van der Waals surface area contributed by atoms with Crippen molar-refractivity contribution in [3.8, 4) is 0 Å². The van der Waals surface area contributed by atoms with E-state index in [1.807, 2.05) is 17.0 Å². The monoisotopic (exact) mass is 352 g/mol. The Morgan fingerprint density at radius 1 is 1.08 bits per heavy atom. The summed E-state index contributed by atoms with van der Waals surface area (Å²) in [5, 5.41) is 0. The predicted octanol–water partition coefficient (Wildman–Crippen LogP) is 3.20. The average Bonchev–Trinajstić information content (AvgIpc) is 2.69. The van der Waals surface area contributed by atoms with Crippen molar-refractivity contribution in [2.45, 2.75) is 20.8 Å². The van der Waals surface area contributed by atoms with E-state index in [2.05, 4.69) is 59.8 Å². The Kier molecular flexibility index (Phi) is 5.76. The van der Waals surface area contributed by atoms with Crippen LogP contribution in [0.15, 0.2) is 42.6 Å². The van der Waals surface area contributed by atoms with Gasteiger partial charge >= 0.3 is 0 Å². The lowest BCUT2D eigenvalue weighted by Crippen LogP contribution is -2.48. The lowest BCUT2D eigenvalue weighted by molar-refractivity contribution is 0.0746. The van der Waals surface area contributed by atoms with Crippen molar-refractivity contribution in [2.24, 2.45) is 0 Å². The lowest BCUT2D eigenvalue weighted by atomic mass is 10.1. The minimum absolute atomic E-state index is 0.0764. The van der Waals surface area contributed by atoms with Crippen LogP contribution in [0, 0.1) is 6.92 Å². The van der Waals surface area contributed by atoms with Gasteiger partial charge in [-0.05, 0) is 50.6 Å². The van der Waals surface area contributed by atoms with Crippen LogP contribution in [0.2, 0.25) is 0 Å². The molecule has 2 aromatic rings. The first-order chi connectivity index (χ1) is 12.6. The van der Waals surface area contributed by atoms with Crippen molar-refractivity contribution in [2.75, 3.05) is 49.1 Å². The van der Waals surface area contributed by atoms with Crippen LogP contribution >= 0.6 is 0 Å². The molecule has 0 saturated carbocycles. The number of aryl methyl sites for hydroxylation is 1. The number of carbonyl (C=O) groups is 1. The Hall–Kier alpha value is -2.56. The Morgan fingerprint density at radius 2 is 1.81 bits per heavy atom. The summed E-state index contributed by atoms with van der Waals surface area (Å²) >= 11 is 0. The minimum Gasteiger partial charge on any atom is -0.368 e. The number of hydrogen-bond acceptors (Lipinski definition) is 4. The van der Waals surface area contributed by atoms with Crippen LogP contribution in [0.5, 0.6) is 0 Å². The van der Waals surface area contributed by atoms with Crippen molar-refractivity contribution in [1.82, 2.24) is 9.88 Å². The molecule has 1 aliphatic heterocycles. The first-order valence-electron chi connectivity index (χ1n) is 9.44. The van der Waals surface area contributed by atoms with E-state index >= 15 is 0 Å². The van der Waals surface area contributed by atoms with Crippen molar-refractivity contribution in [3.63, 3.8) is 0 Å². The molecule has 0 radical (unpaired) electrons. The second-order valence-electron chi connectivity index (χ2n) is 6.70. The van der Waals surface area contributed by atoms with E-state index in [1.165, 1.54) is 11.3 Å². The highest BCUT2D eigenvalue weighted by Gasteiger charge is 2.22. The fourth-order valence-corrected chi connectivity index (χ4v) is 3.42. The Morgan fingerprint density at radius 3 is 2.38 bits per heavy atom. The van der Waals surface area contributed by atoms with Crippen LogP contribution in [0.4, 0.5) is 11.5 Å². The second kappa shape index (κ2) is 8.21. The molecule has 0 bridgehead atoms. The largest absolute Gasteiger partial charge is 0.368 e. The number of nitrogens with zero attached hydrogens (tertiary/aromatic N) is 4. The van der Waals surface area contributed by atoms with Gasteiger partial charge in [-0.25, -0.2) is 4.98 Å². The lowest BCUT2D eigenvalue weighted by Gasteiger charge is -2.36. The van der Waals surface area contributed by atoms with E-state index in [-0.39, 0.29) is 5.91 Å². The first-order valence-corrected chi connectivity index (χ1v) is 9.44. The molecule has 0 atom stereocenters. The molecule has 5 nitrogen and oxygen atoms in total. The summed E-state index contributed by atoms with van der Waals surface area (Å²) in [6.07, 6.45) is 1.71. The highest BCUT2D eigenvalue weighted by Crippen LogP contribution is 2.19. The normalized spacial score (nSPS) is 14.4. The maximum absolute atomic E-state index is 12.8. The highest BCUT2D eigenvalue weighted by molar-refractivity contribution is 5.94. The molecule has 1 aliphatic rings. The Bertz CT molecular complexity index is 732. The van der Waals surface area contributed by atoms with Gasteiger partial charge in [0.2, 0.25) is 0 Å². The van der Waals surface area contributed by atoms with E-state index in [0.29, 0.717) is 5.56 Å². The van der Waals surface area contributed by atoms with Crippen LogP contribution in [0.3, 0.4) is 0 Å². The van der Waals surface area contributed by atoms with Crippen molar-refractivity contribution in [1.29, 1.82) is 0 Å². The van der Waals surface area contributed by atoms with Crippen LogP contribution in [0.25, 0.3) is 0 Å². The van der Waals surface area contributed by atoms with Gasteiger partial charge in [-0.3, -0.25) is 4.79 Å². The molecular formula is C21H28N4O. The molecule has 2 heterocycles. The summed E-state index contributed by atoms with van der Waals surface area (Å²) in [6, 6.07) is 12.4. The molecule has 0 unspecified atom stereocenters. The molecular weight excluding hydrogens is 324 g/mol. The van der Waals surface area contributed by atoms with Crippen LogP contribution in [-0.4, -0.2) is 55.1 Å². The zero-order valence-electron chi connectivity index (χ0n) is 16.0. The maximum Gasteiger partial charge on any atom is 0.255 e. The number of piperazine rings is 1. The Labute approximate surface area is 156 Å². The zero-order chi connectivity index (χ0) is 18.5. The fraction of sp³-hybridized carbons (Fsp3) is 0.429. The number of carbonyl (C=O) groups excluding carboxylic acids is 1. The summed E-state index contributed by atoms with van der Waals surface area (Å²) in [5.41, 5.74) is 3.17. The molecule has 1 aromatic carbocycles. The van der Waals surface area contributed by atoms with E-state index in [9.17, 15) is 4.79 Å². The maximum atomic E-state index is 12.8. The number of hydrogen-bond donors (Lipinski definition) is 0. The number of rotatable bonds is 5. The van der Waals surface area contributed by atoms with Crippen LogP contribution < -0.4 is 9.80 Å². The molecule has 1 saturated heterocycles. The third-order valence-electron chi connectivity index (χ3n) is 5.02. The van der Waals surface area contributed by atoms with Gasteiger partial charge < -0.3 is 14.7 Å². The van der Waals surface area contributed by atoms with E-state index < -0.39 is 0 Å². The molecule has 26 heavy (non-hydrogen) atoms. The molecule has 0 aliphatic carbocycles. The van der Waals surface area contributed by atoms with Gasteiger partial charge in [0.1, 0.15) is 5.82 Å². The molecule has 1 amide bonds. The Balaban J connectivity index is 1.61. The van der Waals surface area contributed by atoms with Crippen LogP contribution in [0.1, 0.15) is 29.8 Å². The number of aromatic nitrogens is 1. The average molecular weight is 352 g/mol. The zero-order valence-corrected chi connectivity index (χ0v) is 16.0. The third kappa shape index (κ3) is 3.98. The van der Waals surface area contributed by atoms with Gasteiger partial charge in [0.25, 0.3) is 5.91 Å². The summed E-state index contributed by atoms with van der Waals surface area (Å²) in [5.74, 6) is 1.00. The minimum atomic E-state index is 0.0764. The van der Waals surface area contributed by atoms with Crippen LogP contribution in [-0.2, 0) is 0 Å². The van der Waals surface area contributed by atoms with Gasteiger partial charge in [0.05, 0.1) is 5.56 Å². The van der Waals surface area contributed by atoms with Gasteiger partial charge in [0.15, 0.2) is 0 Å². The molecule has 5 heteroatoms. The van der Waals surface area contributed by atoms with Gasteiger partial charge in [0, 0.05) is 51.2 Å². The number of pyridine rings is 1. The predicted molar refractivity (Wildman–Crippen MR) is 107 cm³/mol. The summed E-state index contributed by atoms with van der Waals surface area (Å²) in [7, 11) is 0. The fourth-order valence-electron chi connectivity index (χ4n) is 3.42. The highest BCUT2D eigenvalue weighted by atomic mass is 16.2. The van der Waals surface area contributed by atoms with E-state index in [0.717, 1.165) is 45.1 Å². The molecule has 1 fully saturated rings.